The molecule has 1 rings (SSSR count). The molecule has 0 aliphatic heterocycles. The third kappa shape index (κ3) is 2.61. The largest absolute Gasteiger partial charge is 0.373 e. The van der Waals surface area contributed by atoms with Crippen molar-refractivity contribution in [2.75, 3.05) is 12.4 Å². The fourth-order valence-electron chi connectivity index (χ4n) is 1.26. The van der Waals surface area contributed by atoms with E-state index in [-0.39, 0.29) is 0 Å². The number of hydrogen-bond acceptors (Lipinski definition) is 4. The molecule has 0 spiro atoms. The van der Waals surface area contributed by atoms with Gasteiger partial charge in [-0.2, -0.15) is 0 Å². The maximum atomic E-state index is 4.31. The van der Waals surface area contributed by atoms with E-state index in [1.807, 2.05) is 7.05 Å². The van der Waals surface area contributed by atoms with Gasteiger partial charge in [0.15, 0.2) is 0 Å². The van der Waals surface area contributed by atoms with Crippen molar-refractivity contribution in [1.82, 2.24) is 9.97 Å². The summed E-state index contributed by atoms with van der Waals surface area (Å²) in [5.74, 6) is 0.950. The molecule has 0 atom stereocenters. The number of thioether (sulfide) groups is 1. The van der Waals surface area contributed by atoms with Gasteiger partial charge in [0.05, 0.1) is 0 Å². The van der Waals surface area contributed by atoms with Crippen LogP contribution in [0.25, 0.3) is 0 Å². The minimum atomic E-state index is 0.555. The van der Waals surface area contributed by atoms with E-state index >= 15 is 0 Å². The molecule has 1 aromatic heterocycles. The van der Waals surface area contributed by atoms with E-state index < -0.39 is 0 Å². The summed E-state index contributed by atoms with van der Waals surface area (Å²) in [5.41, 5.74) is 1.22. The first-order chi connectivity index (χ1) is 6.69. The Kier molecular flexibility index (Phi) is 4.20. The van der Waals surface area contributed by atoms with Crippen LogP contribution in [0.1, 0.15) is 26.3 Å². The maximum Gasteiger partial charge on any atom is 0.133 e. The van der Waals surface area contributed by atoms with E-state index in [1.165, 1.54) is 5.56 Å². The van der Waals surface area contributed by atoms with Crippen LogP contribution in [-0.2, 0) is 6.42 Å². The van der Waals surface area contributed by atoms with Gasteiger partial charge in [-0.25, -0.2) is 9.97 Å². The average Bonchev–Trinajstić information content (AvgIpc) is 2.16. The quantitative estimate of drug-likeness (QED) is 0.613. The molecule has 0 radical (unpaired) electrons. The Hall–Kier alpha value is -0.770. The Morgan fingerprint density at radius 1 is 1.43 bits per heavy atom. The van der Waals surface area contributed by atoms with Gasteiger partial charge in [0, 0.05) is 17.9 Å². The summed E-state index contributed by atoms with van der Waals surface area (Å²) in [6.45, 7) is 6.47. The van der Waals surface area contributed by atoms with Crippen LogP contribution < -0.4 is 5.32 Å². The predicted molar refractivity (Wildman–Crippen MR) is 61.9 cm³/mol. The van der Waals surface area contributed by atoms with Gasteiger partial charge >= 0.3 is 0 Å². The van der Waals surface area contributed by atoms with Gasteiger partial charge in [-0.1, -0.05) is 20.8 Å². The molecule has 1 N–H and O–H groups in total. The molecule has 0 fully saturated rings. The highest BCUT2D eigenvalue weighted by Crippen LogP contribution is 2.27. The number of aromatic nitrogens is 2. The van der Waals surface area contributed by atoms with Gasteiger partial charge in [0.1, 0.15) is 17.2 Å². The lowest BCUT2D eigenvalue weighted by Gasteiger charge is -2.11. The topological polar surface area (TPSA) is 37.8 Å². The molecule has 78 valence electrons. The first kappa shape index (κ1) is 11.3. The zero-order valence-electron chi connectivity index (χ0n) is 9.16. The van der Waals surface area contributed by atoms with Crippen molar-refractivity contribution in [3.63, 3.8) is 0 Å². The van der Waals surface area contributed by atoms with E-state index in [0.717, 1.165) is 17.3 Å². The van der Waals surface area contributed by atoms with Crippen molar-refractivity contribution in [2.45, 2.75) is 37.5 Å². The summed E-state index contributed by atoms with van der Waals surface area (Å²) >= 11 is 1.79. The molecule has 0 saturated carbocycles. The maximum absolute atomic E-state index is 4.31. The fourth-order valence-corrected chi connectivity index (χ4v) is 2.19. The molecule has 0 amide bonds. The molecular weight excluding hydrogens is 194 g/mol. The number of hydrogen-bond donors (Lipinski definition) is 1. The first-order valence-corrected chi connectivity index (χ1v) is 5.75. The molecule has 0 aliphatic carbocycles. The van der Waals surface area contributed by atoms with Crippen molar-refractivity contribution in [2.24, 2.45) is 0 Å². The molecule has 1 aromatic rings. The number of anilines is 1. The molecular formula is C10H17N3S. The Labute approximate surface area is 89.7 Å². The van der Waals surface area contributed by atoms with Crippen LogP contribution in [0, 0.1) is 0 Å². The summed E-state index contributed by atoms with van der Waals surface area (Å²) in [6, 6.07) is 0. The van der Waals surface area contributed by atoms with Gasteiger partial charge in [0.25, 0.3) is 0 Å². The van der Waals surface area contributed by atoms with Crippen LogP contribution in [0.2, 0.25) is 0 Å². The molecule has 14 heavy (non-hydrogen) atoms. The first-order valence-electron chi connectivity index (χ1n) is 4.87. The van der Waals surface area contributed by atoms with Crippen molar-refractivity contribution >= 4 is 17.6 Å². The third-order valence-corrected chi connectivity index (χ3v) is 2.89. The highest BCUT2D eigenvalue weighted by molar-refractivity contribution is 7.99. The SMILES string of the molecule is CCc1c(NC)ncnc1SC(C)C. The van der Waals surface area contributed by atoms with Crippen LogP contribution in [0.5, 0.6) is 0 Å². The standard InChI is InChI=1S/C10H17N3S/c1-5-8-9(11-4)12-6-13-10(8)14-7(2)3/h6-7H,5H2,1-4H3,(H,11,12,13). The normalized spacial score (nSPS) is 10.6. The van der Waals surface area contributed by atoms with Crippen LogP contribution in [0.3, 0.4) is 0 Å². The zero-order chi connectivity index (χ0) is 10.6. The smallest absolute Gasteiger partial charge is 0.133 e. The van der Waals surface area contributed by atoms with Crippen LogP contribution in [0.15, 0.2) is 11.4 Å². The second-order valence-corrected chi connectivity index (χ2v) is 4.84. The van der Waals surface area contributed by atoms with Gasteiger partial charge in [0.2, 0.25) is 0 Å². The summed E-state index contributed by atoms with van der Waals surface area (Å²) < 4.78 is 0. The second-order valence-electron chi connectivity index (χ2n) is 3.28. The van der Waals surface area contributed by atoms with E-state index in [1.54, 1.807) is 18.1 Å². The van der Waals surface area contributed by atoms with Crippen LogP contribution >= 0.6 is 11.8 Å². The Morgan fingerprint density at radius 2 is 2.14 bits per heavy atom. The summed E-state index contributed by atoms with van der Waals surface area (Å²) in [4.78, 5) is 8.51. The Balaban J connectivity index is 3.02. The summed E-state index contributed by atoms with van der Waals surface area (Å²) in [5, 5.41) is 4.75. The highest BCUT2D eigenvalue weighted by atomic mass is 32.2. The minimum Gasteiger partial charge on any atom is -0.373 e. The Bertz CT molecular complexity index is 299. The summed E-state index contributed by atoms with van der Waals surface area (Å²) in [7, 11) is 1.89. The molecule has 1 heterocycles. The van der Waals surface area contributed by atoms with Crippen molar-refractivity contribution in [3.05, 3.63) is 11.9 Å². The lowest BCUT2D eigenvalue weighted by molar-refractivity contribution is 0.939. The molecule has 0 saturated heterocycles. The van der Waals surface area contributed by atoms with Crippen molar-refractivity contribution in [3.8, 4) is 0 Å². The molecule has 3 nitrogen and oxygen atoms in total. The number of nitrogens with one attached hydrogen (secondary N) is 1. The van der Waals surface area contributed by atoms with Gasteiger partial charge < -0.3 is 5.32 Å². The minimum absolute atomic E-state index is 0.555. The van der Waals surface area contributed by atoms with E-state index in [4.69, 9.17) is 0 Å². The van der Waals surface area contributed by atoms with Gasteiger partial charge in [-0.05, 0) is 6.42 Å². The second kappa shape index (κ2) is 5.20. The van der Waals surface area contributed by atoms with Crippen molar-refractivity contribution < 1.29 is 0 Å². The predicted octanol–water partition coefficient (Wildman–Crippen LogP) is 2.58. The third-order valence-electron chi connectivity index (χ3n) is 1.84. The van der Waals surface area contributed by atoms with Crippen molar-refractivity contribution in [1.29, 1.82) is 0 Å². The van der Waals surface area contributed by atoms with Crippen LogP contribution in [0.4, 0.5) is 5.82 Å². The monoisotopic (exact) mass is 211 g/mol. The van der Waals surface area contributed by atoms with Gasteiger partial charge in [-0.15, -0.1) is 11.8 Å². The average molecular weight is 211 g/mol. The van der Waals surface area contributed by atoms with Crippen LogP contribution in [-0.4, -0.2) is 22.3 Å². The summed E-state index contributed by atoms with van der Waals surface area (Å²) in [6.07, 6.45) is 2.59. The highest BCUT2D eigenvalue weighted by Gasteiger charge is 2.10. The van der Waals surface area contributed by atoms with E-state index in [9.17, 15) is 0 Å². The molecule has 4 heteroatoms. The Morgan fingerprint density at radius 3 is 2.64 bits per heavy atom. The van der Waals surface area contributed by atoms with Gasteiger partial charge in [-0.3, -0.25) is 0 Å². The van der Waals surface area contributed by atoms with E-state index in [2.05, 4.69) is 36.1 Å². The fraction of sp³-hybridized carbons (Fsp3) is 0.600. The lowest BCUT2D eigenvalue weighted by Crippen LogP contribution is -2.02. The molecule has 0 aromatic carbocycles. The number of rotatable bonds is 4. The lowest BCUT2D eigenvalue weighted by atomic mass is 10.2. The molecule has 0 aliphatic rings. The molecule has 0 unspecified atom stereocenters. The number of nitrogens with zero attached hydrogens (tertiary/aromatic N) is 2. The van der Waals surface area contributed by atoms with E-state index in [0.29, 0.717) is 5.25 Å². The zero-order valence-corrected chi connectivity index (χ0v) is 9.98. The molecule has 0 bridgehead atoms.